The maximum absolute atomic E-state index is 12.0. The molecule has 0 saturated heterocycles. The van der Waals surface area contributed by atoms with E-state index < -0.39 is 10.0 Å². The highest BCUT2D eigenvalue weighted by atomic mass is 32.2. The van der Waals surface area contributed by atoms with E-state index in [-0.39, 0.29) is 33.6 Å². The molecule has 0 saturated carbocycles. The lowest BCUT2D eigenvalue weighted by molar-refractivity contribution is 0.590. The van der Waals surface area contributed by atoms with Crippen LogP contribution in [0.3, 0.4) is 0 Å². The normalized spacial score (nSPS) is 11.8. The van der Waals surface area contributed by atoms with Crippen molar-refractivity contribution in [1.82, 2.24) is 0 Å². The first-order valence-corrected chi connectivity index (χ1v) is 13.1. The molecule has 0 aliphatic heterocycles. The summed E-state index contributed by atoms with van der Waals surface area (Å²) in [5, 5.41) is 27.8. The van der Waals surface area contributed by atoms with E-state index in [2.05, 4.69) is 45.8 Å². The van der Waals surface area contributed by atoms with Crippen LogP contribution in [0.25, 0.3) is 0 Å². The van der Waals surface area contributed by atoms with E-state index in [4.69, 9.17) is 0 Å². The highest BCUT2D eigenvalue weighted by Crippen LogP contribution is 2.35. The molecular weight excluding hydrogens is 448 g/mol. The predicted molar refractivity (Wildman–Crippen MR) is 136 cm³/mol. The molecule has 2 rings (SSSR count). The molecular formula is C25H32N6O2S. The van der Waals surface area contributed by atoms with Crippen LogP contribution in [0.2, 0.25) is 0 Å². The van der Waals surface area contributed by atoms with Gasteiger partial charge in [0.25, 0.3) is 0 Å². The minimum Gasteiger partial charge on any atom is -0.371 e. The number of anilines is 2. The molecule has 2 aromatic carbocycles. The maximum Gasteiger partial charge on any atom is 0.229 e. The number of azo groups is 1. The molecule has 9 heteroatoms. The minimum absolute atomic E-state index is 0.158. The first-order valence-electron chi connectivity index (χ1n) is 11.2. The lowest BCUT2D eigenvalue weighted by Crippen LogP contribution is -2.25. The van der Waals surface area contributed by atoms with Gasteiger partial charge in [-0.3, -0.25) is 4.72 Å². The Kier molecular flexibility index (Phi) is 8.78. The van der Waals surface area contributed by atoms with Crippen molar-refractivity contribution in [2.24, 2.45) is 10.2 Å². The zero-order valence-electron chi connectivity index (χ0n) is 20.7. The van der Waals surface area contributed by atoms with Gasteiger partial charge < -0.3 is 4.90 Å². The molecule has 0 fully saturated rings. The number of nitrogens with one attached hydrogen (secondary N) is 1. The number of sulfonamides is 1. The molecule has 0 atom stereocenters. The predicted octanol–water partition coefficient (Wildman–Crippen LogP) is 6.14. The number of rotatable bonds is 9. The zero-order valence-corrected chi connectivity index (χ0v) is 21.5. The van der Waals surface area contributed by atoms with Gasteiger partial charge in [-0.15, -0.1) is 10.2 Å². The molecule has 0 bridgehead atoms. The average Bonchev–Trinajstić information content (AvgIpc) is 2.75. The highest BCUT2D eigenvalue weighted by Gasteiger charge is 2.19. The van der Waals surface area contributed by atoms with Gasteiger partial charge in [-0.1, -0.05) is 34.6 Å². The van der Waals surface area contributed by atoms with Crippen molar-refractivity contribution in [3.05, 3.63) is 47.0 Å². The SMILES string of the molecule is CCCN(CCC)c1ccc(/N=N/c2c(C#N)cc(C(C)(C)C)cc2C#N)c(NS(C)(=O)=O)c1. The van der Waals surface area contributed by atoms with Crippen molar-refractivity contribution < 1.29 is 8.42 Å². The van der Waals surface area contributed by atoms with E-state index in [0.717, 1.165) is 43.4 Å². The van der Waals surface area contributed by atoms with Gasteiger partial charge in [-0.05, 0) is 54.2 Å². The standard InChI is InChI=1S/C25H32N6O2S/c1-7-11-31(12-8-2)21-9-10-22(23(15-21)30-34(6,32)33)28-29-24-18(16-26)13-20(25(3,4)5)14-19(24)17-27/h9-10,13-15,30H,7-8,11-12H2,1-6H3/b29-28+. The smallest absolute Gasteiger partial charge is 0.229 e. The van der Waals surface area contributed by atoms with Crippen LogP contribution in [0.5, 0.6) is 0 Å². The van der Waals surface area contributed by atoms with Crippen molar-refractivity contribution in [3.8, 4) is 12.1 Å². The maximum atomic E-state index is 12.0. The third-order valence-electron chi connectivity index (χ3n) is 5.10. The minimum atomic E-state index is -3.57. The van der Waals surface area contributed by atoms with Gasteiger partial charge in [0, 0.05) is 18.8 Å². The highest BCUT2D eigenvalue weighted by molar-refractivity contribution is 7.92. The molecule has 0 heterocycles. The summed E-state index contributed by atoms with van der Waals surface area (Å²) in [6.07, 6.45) is 2.98. The Morgan fingerprint density at radius 2 is 1.53 bits per heavy atom. The van der Waals surface area contributed by atoms with Crippen LogP contribution in [0, 0.1) is 22.7 Å². The number of nitrogens with zero attached hydrogens (tertiary/aromatic N) is 5. The van der Waals surface area contributed by atoms with Gasteiger partial charge >= 0.3 is 0 Å². The summed E-state index contributed by atoms with van der Waals surface area (Å²) in [5.41, 5.74) is 2.66. The summed E-state index contributed by atoms with van der Waals surface area (Å²) in [6.45, 7) is 11.8. The summed E-state index contributed by atoms with van der Waals surface area (Å²) in [7, 11) is -3.57. The quantitative estimate of drug-likeness (QED) is 0.432. The van der Waals surface area contributed by atoms with E-state index in [1.165, 1.54) is 0 Å². The fourth-order valence-corrected chi connectivity index (χ4v) is 4.01. The second-order valence-corrected chi connectivity index (χ2v) is 10.9. The Labute approximate surface area is 203 Å². The van der Waals surface area contributed by atoms with Gasteiger partial charge in [0.15, 0.2) is 0 Å². The number of benzene rings is 2. The molecule has 0 radical (unpaired) electrons. The molecule has 0 aliphatic rings. The van der Waals surface area contributed by atoms with E-state index in [1.54, 1.807) is 24.3 Å². The monoisotopic (exact) mass is 480 g/mol. The van der Waals surface area contributed by atoms with Crippen LogP contribution < -0.4 is 9.62 Å². The molecule has 34 heavy (non-hydrogen) atoms. The van der Waals surface area contributed by atoms with Crippen LogP contribution >= 0.6 is 0 Å². The number of hydrogen-bond acceptors (Lipinski definition) is 7. The molecule has 0 amide bonds. The summed E-state index contributed by atoms with van der Waals surface area (Å²) in [6, 6.07) is 12.9. The molecule has 0 aromatic heterocycles. The van der Waals surface area contributed by atoms with E-state index in [0.29, 0.717) is 0 Å². The Hall–Kier alpha value is -3.43. The second-order valence-electron chi connectivity index (χ2n) is 9.16. The molecule has 1 N–H and O–H groups in total. The van der Waals surface area contributed by atoms with Crippen LogP contribution in [0.1, 0.15) is 64.2 Å². The first kappa shape index (κ1) is 26.8. The van der Waals surface area contributed by atoms with E-state index in [9.17, 15) is 18.9 Å². The number of hydrogen-bond donors (Lipinski definition) is 1. The summed E-state index contributed by atoms with van der Waals surface area (Å²) in [5.74, 6) is 0. The van der Waals surface area contributed by atoms with E-state index in [1.807, 2.05) is 26.8 Å². The molecule has 180 valence electrons. The lowest BCUT2D eigenvalue weighted by Gasteiger charge is -2.24. The van der Waals surface area contributed by atoms with Crippen molar-refractivity contribution in [2.75, 3.05) is 29.0 Å². The number of nitriles is 2. The fraction of sp³-hybridized carbons (Fsp3) is 0.440. The van der Waals surface area contributed by atoms with Gasteiger partial charge in [-0.2, -0.15) is 10.5 Å². The lowest BCUT2D eigenvalue weighted by atomic mass is 9.84. The topological polar surface area (TPSA) is 122 Å². The Morgan fingerprint density at radius 1 is 0.971 bits per heavy atom. The van der Waals surface area contributed by atoms with Gasteiger partial charge in [0.05, 0.1) is 23.1 Å². The third-order valence-corrected chi connectivity index (χ3v) is 5.69. The van der Waals surface area contributed by atoms with Crippen LogP contribution in [-0.2, 0) is 15.4 Å². The van der Waals surface area contributed by atoms with Crippen LogP contribution in [-0.4, -0.2) is 27.8 Å². The fourth-order valence-electron chi connectivity index (χ4n) is 3.45. The van der Waals surface area contributed by atoms with Gasteiger partial charge in [-0.25, -0.2) is 8.42 Å². The molecule has 0 spiro atoms. The zero-order chi connectivity index (χ0) is 25.5. The third kappa shape index (κ3) is 7.03. The molecule has 2 aromatic rings. The molecule has 0 unspecified atom stereocenters. The molecule has 0 aliphatic carbocycles. The van der Waals surface area contributed by atoms with Crippen molar-refractivity contribution in [3.63, 3.8) is 0 Å². The summed E-state index contributed by atoms with van der Waals surface area (Å²) < 4.78 is 26.5. The van der Waals surface area contributed by atoms with Crippen LogP contribution in [0.4, 0.5) is 22.7 Å². The second kappa shape index (κ2) is 11.1. The molecule has 8 nitrogen and oxygen atoms in total. The Balaban J connectivity index is 2.61. The Morgan fingerprint density at radius 3 is 1.97 bits per heavy atom. The Bertz CT molecular complexity index is 1210. The van der Waals surface area contributed by atoms with E-state index >= 15 is 0 Å². The van der Waals surface area contributed by atoms with Crippen molar-refractivity contribution in [1.29, 1.82) is 10.5 Å². The van der Waals surface area contributed by atoms with Gasteiger partial charge in [0.1, 0.15) is 23.5 Å². The van der Waals surface area contributed by atoms with Crippen molar-refractivity contribution in [2.45, 2.75) is 52.9 Å². The average molecular weight is 481 g/mol. The first-order chi connectivity index (χ1) is 15.9. The summed E-state index contributed by atoms with van der Waals surface area (Å²) in [4.78, 5) is 2.18. The van der Waals surface area contributed by atoms with Crippen molar-refractivity contribution >= 4 is 32.8 Å². The largest absolute Gasteiger partial charge is 0.371 e. The van der Waals surface area contributed by atoms with Gasteiger partial charge in [0.2, 0.25) is 10.0 Å². The summed E-state index contributed by atoms with van der Waals surface area (Å²) >= 11 is 0. The van der Waals surface area contributed by atoms with Crippen LogP contribution in [0.15, 0.2) is 40.6 Å².